The Balaban J connectivity index is 0.913. The summed E-state index contributed by atoms with van der Waals surface area (Å²) >= 11 is 0. The maximum absolute atomic E-state index is 14.1. The normalized spacial score (nSPS) is 16.7. The van der Waals surface area contributed by atoms with E-state index in [2.05, 4.69) is 31.3 Å². The number of amides is 3. The number of benzene rings is 5. The number of aliphatic imine (C=N–C) groups is 1. The predicted molar refractivity (Wildman–Crippen MR) is 274 cm³/mol. The second-order valence-electron chi connectivity index (χ2n) is 18.7. The zero-order valence-electron chi connectivity index (χ0n) is 39.4. The van der Waals surface area contributed by atoms with E-state index in [1.54, 1.807) is 34.8 Å². The number of anilines is 3. The van der Waals surface area contributed by atoms with Gasteiger partial charge in [0, 0.05) is 77.1 Å². The van der Waals surface area contributed by atoms with Crippen molar-refractivity contribution in [2.45, 2.75) is 116 Å². The summed E-state index contributed by atoms with van der Waals surface area (Å²) in [6.45, 7) is 8.49. The van der Waals surface area contributed by atoms with Gasteiger partial charge in [-0.1, -0.05) is 64.9 Å². The highest BCUT2D eigenvalue weighted by Gasteiger charge is 2.38. The minimum Gasteiger partial charge on any atom is -0.493 e. The van der Waals surface area contributed by atoms with E-state index in [-0.39, 0.29) is 53.5 Å². The molecule has 13 heteroatoms. The summed E-state index contributed by atoms with van der Waals surface area (Å²) in [6.07, 6.45) is 8.00. The van der Waals surface area contributed by atoms with E-state index in [1.807, 2.05) is 103 Å². The van der Waals surface area contributed by atoms with Crippen LogP contribution in [-0.4, -0.2) is 59.4 Å². The standard InChI is InChI=1S/C55H58N4O7S2/c1-6-43(60)19-20-55(3,4)68-67-21-11-16-52(61)57-40-24-35(32-65-49-30-46-45(22-34(49)2)54(63)59-42(31-56-46)27-39-13-8-10-15-48(39)59)23-36(25-40)33-66-51-28-37-17-18-41-26-38-12-7-9-14-47(38)58(41)53(62)44(37)29-50(51)64-5/h7-10,12-15,22-25,28-31,41-42H,6,11,16-21,26-27,32-33H2,1-5H3,(H,57,61)/t41-,42+/m1/s1. The number of ketones is 1. The topological polar surface area (TPSA) is 127 Å². The molecule has 0 aliphatic carbocycles. The van der Waals surface area contributed by atoms with Crippen LogP contribution in [0, 0.1) is 6.92 Å². The highest BCUT2D eigenvalue weighted by atomic mass is 33.1. The van der Waals surface area contributed by atoms with Gasteiger partial charge in [-0.15, -0.1) is 0 Å². The summed E-state index contributed by atoms with van der Waals surface area (Å²) in [4.78, 5) is 62.0. The Labute approximate surface area is 406 Å². The van der Waals surface area contributed by atoms with Gasteiger partial charge in [0.2, 0.25) is 5.91 Å². The Morgan fingerprint density at radius 1 is 0.794 bits per heavy atom. The molecule has 0 spiro atoms. The summed E-state index contributed by atoms with van der Waals surface area (Å²) < 4.78 is 18.8. The van der Waals surface area contributed by atoms with Gasteiger partial charge >= 0.3 is 0 Å². The lowest BCUT2D eigenvalue weighted by Crippen LogP contribution is -2.37. The summed E-state index contributed by atoms with van der Waals surface area (Å²) in [6, 6.07) is 29.3. The van der Waals surface area contributed by atoms with Crippen LogP contribution in [-0.2, 0) is 42.1 Å². The fourth-order valence-corrected chi connectivity index (χ4v) is 12.3. The summed E-state index contributed by atoms with van der Waals surface area (Å²) in [5, 5.41) is 3.13. The first kappa shape index (κ1) is 47.0. The molecule has 2 atom stereocenters. The molecule has 5 aromatic rings. The van der Waals surface area contributed by atoms with Crippen LogP contribution in [0.2, 0.25) is 0 Å². The first-order valence-electron chi connectivity index (χ1n) is 23.6. The van der Waals surface area contributed by atoms with Gasteiger partial charge in [0.15, 0.2) is 11.5 Å². The lowest BCUT2D eigenvalue weighted by molar-refractivity contribution is -0.119. The molecule has 0 bridgehead atoms. The first-order valence-corrected chi connectivity index (χ1v) is 25.9. The number of nitrogens with one attached hydrogen (secondary N) is 1. The van der Waals surface area contributed by atoms with Crippen molar-refractivity contribution in [1.82, 2.24) is 0 Å². The van der Waals surface area contributed by atoms with Gasteiger partial charge in [-0.25, -0.2) is 0 Å². The second kappa shape index (κ2) is 20.3. The number of hydrogen-bond acceptors (Lipinski definition) is 10. The van der Waals surface area contributed by atoms with Crippen LogP contribution in [0.25, 0.3) is 0 Å². The number of fused-ring (bicyclic) bond motifs is 8. The van der Waals surface area contributed by atoms with E-state index in [1.165, 1.54) is 5.56 Å². The van der Waals surface area contributed by atoms with Crippen LogP contribution < -0.4 is 29.3 Å². The molecule has 0 unspecified atom stereocenters. The number of para-hydroxylation sites is 2. The molecule has 352 valence electrons. The minimum atomic E-state index is -0.155. The molecule has 0 saturated carbocycles. The van der Waals surface area contributed by atoms with E-state index in [4.69, 9.17) is 19.2 Å². The average Bonchev–Trinajstić information content (AvgIpc) is 3.83. The molecule has 0 saturated heterocycles. The highest BCUT2D eigenvalue weighted by Crippen LogP contribution is 2.43. The molecule has 11 nitrogen and oxygen atoms in total. The van der Waals surface area contributed by atoms with Crippen LogP contribution in [0.3, 0.4) is 0 Å². The van der Waals surface area contributed by atoms with Gasteiger partial charge in [-0.05, 0) is 135 Å². The van der Waals surface area contributed by atoms with Crippen molar-refractivity contribution in [2.75, 3.05) is 28.0 Å². The molecule has 9 rings (SSSR count). The third-order valence-corrected chi connectivity index (χ3v) is 16.7. The largest absolute Gasteiger partial charge is 0.493 e. The number of rotatable bonds is 18. The van der Waals surface area contributed by atoms with Crippen molar-refractivity contribution in [1.29, 1.82) is 0 Å². The zero-order chi connectivity index (χ0) is 47.5. The maximum Gasteiger partial charge on any atom is 0.261 e. The Morgan fingerprint density at radius 2 is 1.49 bits per heavy atom. The van der Waals surface area contributed by atoms with Gasteiger partial charge in [0.05, 0.1) is 24.4 Å². The smallest absolute Gasteiger partial charge is 0.261 e. The maximum atomic E-state index is 14.1. The predicted octanol–water partition coefficient (Wildman–Crippen LogP) is 11.6. The number of nitrogens with zero attached hydrogens (tertiary/aromatic N) is 3. The third kappa shape index (κ3) is 10.2. The second-order valence-corrected chi connectivity index (χ2v) is 21.8. The van der Waals surface area contributed by atoms with Gasteiger partial charge in [-0.2, -0.15) is 0 Å². The molecule has 3 amide bonds. The third-order valence-electron chi connectivity index (χ3n) is 13.2. The molecule has 68 heavy (non-hydrogen) atoms. The van der Waals surface area contributed by atoms with Crippen molar-refractivity contribution in [3.8, 4) is 17.2 Å². The number of ether oxygens (including phenoxy) is 3. The fraction of sp³-hybridized carbons (Fsp3) is 0.364. The zero-order valence-corrected chi connectivity index (χ0v) is 41.0. The van der Waals surface area contributed by atoms with Gasteiger partial charge in [0.25, 0.3) is 11.8 Å². The number of carbonyl (C=O) groups excluding carboxylic acids is 4. The number of Topliss-reactive ketones (excluding diaryl/α,β-unsaturated/α-hetero) is 1. The van der Waals surface area contributed by atoms with E-state index in [0.29, 0.717) is 71.9 Å². The minimum absolute atomic E-state index is 0.0269. The lowest BCUT2D eigenvalue weighted by atomic mass is 9.99. The molecule has 4 aliphatic rings. The van der Waals surface area contributed by atoms with Crippen LogP contribution >= 0.6 is 21.6 Å². The Bertz CT molecular complexity index is 2810. The van der Waals surface area contributed by atoms with Crippen molar-refractivity contribution < 1.29 is 33.4 Å². The number of hydrogen-bond donors (Lipinski definition) is 1. The van der Waals surface area contributed by atoms with Crippen molar-refractivity contribution in [2.24, 2.45) is 4.99 Å². The average molecular weight is 951 g/mol. The van der Waals surface area contributed by atoms with E-state index in [9.17, 15) is 19.2 Å². The molecule has 5 aromatic carbocycles. The van der Waals surface area contributed by atoms with Crippen molar-refractivity contribution >= 4 is 74.1 Å². The number of aryl methyl sites for hydroxylation is 2. The van der Waals surface area contributed by atoms with E-state index >= 15 is 0 Å². The Kier molecular flexibility index (Phi) is 14.0. The van der Waals surface area contributed by atoms with Crippen LogP contribution in [0.4, 0.5) is 22.7 Å². The van der Waals surface area contributed by atoms with Crippen LogP contribution in [0.5, 0.6) is 17.2 Å². The summed E-state index contributed by atoms with van der Waals surface area (Å²) in [5.74, 6) is 2.48. The lowest BCUT2D eigenvalue weighted by Gasteiger charge is -2.23. The molecule has 1 N–H and O–H groups in total. The summed E-state index contributed by atoms with van der Waals surface area (Å²) in [5.41, 5.74) is 9.89. The van der Waals surface area contributed by atoms with Crippen LogP contribution in [0.15, 0.2) is 96.0 Å². The van der Waals surface area contributed by atoms with E-state index < -0.39 is 0 Å². The van der Waals surface area contributed by atoms with Crippen molar-refractivity contribution in [3.63, 3.8) is 0 Å². The molecular formula is C55H58N4O7S2. The SMILES string of the molecule is CCC(=O)CCC(C)(C)SSCCCC(=O)Nc1cc(COc2cc3c(cc2C)C(=O)N2c4ccccc4C[C@H]2C=N3)cc(COc2cc3c(cc2OC)C(=O)N2c4ccccc4C[C@H]2CC3)c1. The summed E-state index contributed by atoms with van der Waals surface area (Å²) in [7, 11) is 5.09. The Morgan fingerprint density at radius 3 is 2.22 bits per heavy atom. The molecule has 0 aromatic heterocycles. The van der Waals surface area contributed by atoms with E-state index in [0.717, 1.165) is 70.6 Å². The molecule has 4 heterocycles. The van der Waals surface area contributed by atoms with Crippen LogP contribution in [0.1, 0.15) is 113 Å². The number of methoxy groups -OCH3 is 1. The fourth-order valence-electron chi connectivity index (χ4n) is 9.60. The molecule has 4 aliphatic heterocycles. The highest BCUT2D eigenvalue weighted by molar-refractivity contribution is 8.77. The monoisotopic (exact) mass is 950 g/mol. The molecule has 0 radical (unpaired) electrons. The number of carbonyl (C=O) groups is 4. The Hall–Kier alpha value is -6.05. The quantitative estimate of drug-likeness (QED) is 0.0675. The molecular weight excluding hydrogens is 893 g/mol. The molecule has 0 fully saturated rings. The van der Waals surface area contributed by atoms with Gasteiger partial charge < -0.3 is 24.4 Å². The first-order chi connectivity index (χ1) is 32.9. The van der Waals surface area contributed by atoms with Crippen molar-refractivity contribution in [3.05, 3.63) is 136 Å². The van der Waals surface area contributed by atoms with Gasteiger partial charge in [-0.3, -0.25) is 29.1 Å². The van der Waals surface area contributed by atoms with Gasteiger partial charge in [0.1, 0.15) is 24.7 Å².